The maximum absolute atomic E-state index is 4.70. The van der Waals surface area contributed by atoms with Gasteiger partial charge in [-0.2, -0.15) is 0 Å². The molecular weight excluding hydrogens is 512 g/mol. The van der Waals surface area contributed by atoms with Gasteiger partial charge in [-0.3, -0.25) is 4.40 Å². The summed E-state index contributed by atoms with van der Waals surface area (Å²) in [5.74, 6) is 0.852. The van der Waals surface area contributed by atoms with Crippen LogP contribution in [0.15, 0.2) is 109 Å². The summed E-state index contributed by atoms with van der Waals surface area (Å²) in [5.41, 5.74) is 9.31. The van der Waals surface area contributed by atoms with Crippen LogP contribution in [0, 0.1) is 6.92 Å². The largest absolute Gasteiger partial charge is 0.309 e. The summed E-state index contributed by atoms with van der Waals surface area (Å²) in [4.78, 5) is 0. The summed E-state index contributed by atoms with van der Waals surface area (Å²) in [5, 5.41) is 15.5. The zero-order valence-electron chi connectivity index (χ0n) is 24.6. The van der Waals surface area contributed by atoms with Gasteiger partial charge in [-0.25, -0.2) is 0 Å². The first-order valence-corrected chi connectivity index (χ1v) is 15.0. The van der Waals surface area contributed by atoms with Gasteiger partial charge in [-0.15, -0.1) is 10.2 Å². The third kappa shape index (κ3) is 3.98. The van der Waals surface area contributed by atoms with Crippen molar-refractivity contribution in [2.24, 2.45) is 0 Å². The van der Waals surface area contributed by atoms with Gasteiger partial charge < -0.3 is 4.57 Å². The standard InChI is InChI=1S/C36H28N4.C2H6/c1-3-8-24-14-20-34-31(22-24)30-21-23(2)13-19-33(30)39(34)26-17-15-25(16-18-26)35-37-38-36-29-11-5-4-9-27(29)28-10-6-7-12-32(28)40(35)36;1-2/h4-7,9-22H,3,8H2,1-2H3;1-2H3. The van der Waals surface area contributed by atoms with E-state index in [4.69, 9.17) is 5.10 Å². The normalized spacial score (nSPS) is 11.5. The molecule has 0 unspecified atom stereocenters. The monoisotopic (exact) mass is 546 g/mol. The maximum atomic E-state index is 4.70. The highest BCUT2D eigenvalue weighted by Crippen LogP contribution is 2.35. The van der Waals surface area contributed by atoms with Crippen molar-refractivity contribution in [3.05, 3.63) is 120 Å². The molecule has 0 bridgehead atoms. The van der Waals surface area contributed by atoms with Crippen molar-refractivity contribution in [2.75, 3.05) is 0 Å². The number of hydrogen-bond donors (Lipinski definition) is 0. The van der Waals surface area contributed by atoms with Crippen LogP contribution >= 0.6 is 0 Å². The number of benzene rings is 5. The number of pyridine rings is 1. The van der Waals surface area contributed by atoms with E-state index in [0.717, 1.165) is 46.5 Å². The Morgan fingerprint density at radius 3 is 2.02 bits per heavy atom. The second-order valence-corrected chi connectivity index (χ2v) is 10.7. The van der Waals surface area contributed by atoms with Crippen LogP contribution in [-0.2, 0) is 6.42 Å². The Bertz CT molecular complexity index is 2230. The average molecular weight is 547 g/mol. The van der Waals surface area contributed by atoms with Crippen LogP contribution in [0.1, 0.15) is 38.3 Å². The van der Waals surface area contributed by atoms with Crippen LogP contribution < -0.4 is 0 Å². The number of nitrogens with zero attached hydrogens (tertiary/aromatic N) is 4. The fourth-order valence-electron chi connectivity index (χ4n) is 6.35. The molecule has 206 valence electrons. The SMILES string of the molecule is CC.CCCc1ccc2c(c1)c1cc(C)ccc1n2-c1ccc(-c2nnc3c4ccccc4c4ccccc4n23)cc1. The molecule has 5 aromatic carbocycles. The van der Waals surface area contributed by atoms with E-state index in [1.165, 1.54) is 43.7 Å². The molecular formula is C38H34N4. The fraction of sp³-hybridized carbons (Fsp3) is 0.158. The molecule has 0 saturated carbocycles. The van der Waals surface area contributed by atoms with E-state index in [-0.39, 0.29) is 0 Å². The summed E-state index contributed by atoms with van der Waals surface area (Å²) in [6.45, 7) is 8.41. The minimum absolute atomic E-state index is 0.852. The highest BCUT2D eigenvalue weighted by atomic mass is 15.2. The lowest BCUT2D eigenvalue weighted by Gasteiger charge is -2.11. The van der Waals surface area contributed by atoms with Crippen molar-refractivity contribution in [2.45, 2.75) is 40.5 Å². The molecule has 4 nitrogen and oxygen atoms in total. The number of hydrogen-bond acceptors (Lipinski definition) is 2. The first kappa shape index (κ1) is 26.0. The van der Waals surface area contributed by atoms with Crippen molar-refractivity contribution in [1.82, 2.24) is 19.2 Å². The molecule has 3 aromatic heterocycles. The van der Waals surface area contributed by atoms with Gasteiger partial charge in [-0.1, -0.05) is 87.4 Å². The summed E-state index contributed by atoms with van der Waals surface area (Å²) in [6.07, 6.45) is 2.24. The molecule has 42 heavy (non-hydrogen) atoms. The Labute approximate surface area is 245 Å². The summed E-state index contributed by atoms with van der Waals surface area (Å²) >= 11 is 0. The number of para-hydroxylation sites is 1. The lowest BCUT2D eigenvalue weighted by molar-refractivity contribution is 0.923. The Kier molecular flexibility index (Phi) is 6.47. The molecule has 0 aliphatic heterocycles. The van der Waals surface area contributed by atoms with Gasteiger partial charge in [0.25, 0.3) is 0 Å². The average Bonchev–Trinajstić information content (AvgIpc) is 3.62. The molecule has 0 fully saturated rings. The van der Waals surface area contributed by atoms with Gasteiger partial charge in [0.15, 0.2) is 11.5 Å². The number of aromatic nitrogens is 4. The summed E-state index contributed by atoms with van der Waals surface area (Å²) in [7, 11) is 0. The molecule has 0 atom stereocenters. The second-order valence-electron chi connectivity index (χ2n) is 10.7. The maximum Gasteiger partial charge on any atom is 0.169 e. The van der Waals surface area contributed by atoms with E-state index in [1.807, 2.05) is 13.8 Å². The number of rotatable bonds is 4. The minimum Gasteiger partial charge on any atom is -0.309 e. The van der Waals surface area contributed by atoms with Crippen molar-refractivity contribution < 1.29 is 0 Å². The molecule has 3 heterocycles. The Balaban J connectivity index is 0.00000141. The predicted molar refractivity (Wildman–Crippen MR) is 178 cm³/mol. The van der Waals surface area contributed by atoms with Gasteiger partial charge in [0.2, 0.25) is 0 Å². The molecule has 0 spiro atoms. The molecule has 0 aliphatic rings. The van der Waals surface area contributed by atoms with Gasteiger partial charge >= 0.3 is 0 Å². The smallest absolute Gasteiger partial charge is 0.169 e. The molecule has 8 rings (SSSR count). The topological polar surface area (TPSA) is 35.1 Å². The van der Waals surface area contributed by atoms with Crippen LogP contribution in [0.4, 0.5) is 0 Å². The lowest BCUT2D eigenvalue weighted by atomic mass is 10.1. The molecule has 8 aromatic rings. The quantitative estimate of drug-likeness (QED) is 0.206. The summed E-state index contributed by atoms with van der Waals surface area (Å²) in [6, 6.07) is 39.4. The van der Waals surface area contributed by atoms with Crippen molar-refractivity contribution in [3.8, 4) is 17.1 Å². The Morgan fingerprint density at radius 2 is 1.26 bits per heavy atom. The van der Waals surface area contributed by atoms with Crippen LogP contribution in [0.5, 0.6) is 0 Å². The highest BCUT2D eigenvalue weighted by Gasteiger charge is 2.17. The third-order valence-electron chi connectivity index (χ3n) is 8.17. The van der Waals surface area contributed by atoms with E-state index >= 15 is 0 Å². The number of aryl methyl sites for hydroxylation is 2. The zero-order valence-corrected chi connectivity index (χ0v) is 24.6. The van der Waals surface area contributed by atoms with Crippen molar-refractivity contribution in [1.29, 1.82) is 0 Å². The molecule has 0 aliphatic carbocycles. The fourth-order valence-corrected chi connectivity index (χ4v) is 6.35. The van der Waals surface area contributed by atoms with Gasteiger partial charge in [0.05, 0.1) is 16.6 Å². The van der Waals surface area contributed by atoms with Gasteiger partial charge in [0, 0.05) is 32.8 Å². The van der Waals surface area contributed by atoms with Crippen LogP contribution in [-0.4, -0.2) is 19.2 Å². The Hall–Kier alpha value is -4.96. The third-order valence-corrected chi connectivity index (χ3v) is 8.17. The van der Waals surface area contributed by atoms with E-state index in [9.17, 15) is 0 Å². The van der Waals surface area contributed by atoms with Gasteiger partial charge in [-0.05, 0) is 78.9 Å². The molecule has 0 radical (unpaired) electrons. The van der Waals surface area contributed by atoms with Crippen molar-refractivity contribution >= 4 is 49.1 Å². The molecule has 4 heteroatoms. The van der Waals surface area contributed by atoms with Crippen LogP contribution in [0.2, 0.25) is 0 Å². The molecule has 0 amide bonds. The van der Waals surface area contributed by atoms with Crippen LogP contribution in [0.3, 0.4) is 0 Å². The minimum atomic E-state index is 0.852. The first-order chi connectivity index (χ1) is 20.7. The first-order valence-electron chi connectivity index (χ1n) is 15.0. The molecule has 0 N–H and O–H groups in total. The van der Waals surface area contributed by atoms with Gasteiger partial charge in [0.1, 0.15) is 0 Å². The van der Waals surface area contributed by atoms with E-state index < -0.39 is 0 Å². The highest BCUT2D eigenvalue weighted by molar-refractivity contribution is 6.12. The zero-order chi connectivity index (χ0) is 28.8. The van der Waals surface area contributed by atoms with Crippen LogP contribution in [0.25, 0.3) is 66.2 Å². The molecule has 0 saturated heterocycles. The van der Waals surface area contributed by atoms with Crippen molar-refractivity contribution in [3.63, 3.8) is 0 Å². The lowest BCUT2D eigenvalue weighted by Crippen LogP contribution is -1.96. The van der Waals surface area contributed by atoms with E-state index in [0.29, 0.717) is 0 Å². The summed E-state index contributed by atoms with van der Waals surface area (Å²) < 4.78 is 4.58. The Morgan fingerprint density at radius 1 is 0.595 bits per heavy atom. The number of fused-ring (bicyclic) bond motifs is 9. The predicted octanol–water partition coefficient (Wildman–Crippen LogP) is 10.1. The van der Waals surface area contributed by atoms with E-state index in [1.54, 1.807) is 0 Å². The van der Waals surface area contributed by atoms with E-state index in [2.05, 4.69) is 137 Å². The second kappa shape index (κ2) is 10.5.